The van der Waals surface area contributed by atoms with Gasteiger partial charge in [0.15, 0.2) is 0 Å². The predicted octanol–water partition coefficient (Wildman–Crippen LogP) is 6.75. The van der Waals surface area contributed by atoms with Crippen LogP contribution in [-0.2, 0) is 11.2 Å². The van der Waals surface area contributed by atoms with Gasteiger partial charge < -0.3 is 30.5 Å². The summed E-state index contributed by atoms with van der Waals surface area (Å²) >= 11 is 0. The van der Waals surface area contributed by atoms with Crippen LogP contribution in [0.25, 0.3) is 11.3 Å². The van der Waals surface area contributed by atoms with Crippen LogP contribution in [0.3, 0.4) is 0 Å². The molecule has 2 aromatic rings. The maximum Gasteiger partial charge on any atom is 0.309 e. The molecule has 1 aromatic carbocycles. The van der Waals surface area contributed by atoms with Crippen LogP contribution in [-0.4, -0.2) is 49.2 Å². The van der Waals surface area contributed by atoms with E-state index in [1.54, 1.807) is 12.1 Å². The van der Waals surface area contributed by atoms with Crippen LogP contribution in [0.4, 0.5) is 0 Å². The summed E-state index contributed by atoms with van der Waals surface area (Å²) in [7, 11) is 0. The van der Waals surface area contributed by atoms with Gasteiger partial charge in [-0.05, 0) is 87.3 Å². The van der Waals surface area contributed by atoms with Crippen LogP contribution in [0.1, 0.15) is 109 Å². The number of nitrogens with one attached hydrogen (secondary N) is 1. The average Bonchev–Trinajstić information content (AvgIpc) is 3.61. The zero-order chi connectivity index (χ0) is 31.5. The lowest BCUT2D eigenvalue weighted by atomic mass is 9.80. The van der Waals surface area contributed by atoms with Crippen molar-refractivity contribution in [1.29, 1.82) is 0 Å². The SMILES string of the molecule is CCCCC[C@@H]1C=C[C@@H](CCCCC[C@H](C(=O)O)[C@H](O)CC[C@]2(O)CCC[C@H]2Cc2ccc(-c3cccc([O-])c3)[nH]2)[C@H](O)C1. The van der Waals surface area contributed by atoms with Gasteiger partial charge in [-0.25, -0.2) is 0 Å². The number of carbonyl (C=O) groups is 1. The summed E-state index contributed by atoms with van der Waals surface area (Å²) in [5.74, 6) is -1.17. The van der Waals surface area contributed by atoms with Crippen LogP contribution < -0.4 is 5.11 Å². The van der Waals surface area contributed by atoms with Gasteiger partial charge in [-0.15, -0.1) is 5.75 Å². The Morgan fingerprint density at radius 2 is 1.89 bits per heavy atom. The molecule has 0 saturated heterocycles. The molecule has 0 bridgehead atoms. The minimum absolute atomic E-state index is 0.0196. The van der Waals surface area contributed by atoms with Crippen LogP contribution in [0, 0.1) is 23.7 Å². The number of aromatic amines is 1. The van der Waals surface area contributed by atoms with Gasteiger partial charge in [0, 0.05) is 17.3 Å². The normalized spacial score (nSPS) is 26.5. The minimum Gasteiger partial charge on any atom is -0.872 e. The lowest BCUT2D eigenvalue weighted by molar-refractivity contribution is -0.268. The Kier molecular flexibility index (Phi) is 13.0. The number of H-pyrrole nitrogens is 1. The highest BCUT2D eigenvalue weighted by molar-refractivity contribution is 5.70. The van der Waals surface area contributed by atoms with Gasteiger partial charge in [0.25, 0.3) is 0 Å². The number of benzene rings is 1. The Labute approximate surface area is 263 Å². The van der Waals surface area contributed by atoms with E-state index in [1.807, 2.05) is 18.2 Å². The van der Waals surface area contributed by atoms with Crippen LogP contribution in [0.15, 0.2) is 48.6 Å². The molecule has 1 saturated carbocycles. The third-order valence-electron chi connectivity index (χ3n) is 10.3. The van der Waals surface area contributed by atoms with E-state index in [9.17, 15) is 30.3 Å². The highest BCUT2D eigenvalue weighted by Crippen LogP contribution is 2.42. The van der Waals surface area contributed by atoms with E-state index in [4.69, 9.17) is 0 Å². The second-order valence-corrected chi connectivity index (χ2v) is 13.6. The van der Waals surface area contributed by atoms with E-state index < -0.39 is 23.6 Å². The fourth-order valence-electron chi connectivity index (χ4n) is 7.56. The van der Waals surface area contributed by atoms with Gasteiger partial charge in [-0.3, -0.25) is 4.79 Å². The molecule has 5 N–H and O–H groups in total. The summed E-state index contributed by atoms with van der Waals surface area (Å²) in [4.78, 5) is 15.4. The second-order valence-electron chi connectivity index (χ2n) is 13.6. The first-order valence-corrected chi connectivity index (χ1v) is 17.1. The highest BCUT2D eigenvalue weighted by Gasteiger charge is 2.42. The quantitative estimate of drug-likeness (QED) is 0.0937. The van der Waals surface area contributed by atoms with E-state index in [-0.39, 0.29) is 30.1 Å². The number of hydrogen-bond acceptors (Lipinski definition) is 5. The molecular formula is C37H54NO6-. The van der Waals surface area contributed by atoms with Gasteiger partial charge in [-0.1, -0.05) is 88.3 Å². The summed E-state index contributed by atoms with van der Waals surface area (Å²) < 4.78 is 0. The first kappa shape index (κ1) is 34.3. The molecule has 0 unspecified atom stereocenters. The lowest BCUT2D eigenvalue weighted by Crippen LogP contribution is -2.37. The fraction of sp³-hybridized carbons (Fsp3) is 0.649. The molecule has 0 radical (unpaired) electrons. The van der Waals surface area contributed by atoms with Crippen LogP contribution in [0.2, 0.25) is 0 Å². The number of aliphatic hydroxyl groups is 3. The average molecular weight is 609 g/mol. The third-order valence-corrected chi connectivity index (χ3v) is 10.3. The largest absolute Gasteiger partial charge is 0.872 e. The van der Waals surface area contributed by atoms with E-state index in [0.29, 0.717) is 31.6 Å². The number of hydrogen-bond donors (Lipinski definition) is 5. The monoisotopic (exact) mass is 608 g/mol. The Morgan fingerprint density at radius 1 is 1.07 bits per heavy atom. The zero-order valence-electron chi connectivity index (χ0n) is 26.5. The number of carboxylic acid groups (broad SMARTS) is 1. The smallest absolute Gasteiger partial charge is 0.309 e. The summed E-state index contributed by atoms with van der Waals surface area (Å²) in [6, 6.07) is 10.7. The van der Waals surface area contributed by atoms with Gasteiger partial charge in [0.1, 0.15) is 0 Å². The number of unbranched alkanes of at least 4 members (excludes halogenated alkanes) is 4. The number of aliphatic hydroxyl groups excluding tert-OH is 2. The van der Waals surface area contributed by atoms with Crippen molar-refractivity contribution in [3.05, 3.63) is 54.2 Å². The number of rotatable bonds is 18. The molecule has 7 atom stereocenters. The first-order chi connectivity index (χ1) is 21.2. The van der Waals surface area contributed by atoms with Gasteiger partial charge in [-0.2, -0.15) is 0 Å². The summed E-state index contributed by atoms with van der Waals surface area (Å²) in [5.41, 5.74) is 1.77. The molecule has 244 valence electrons. The van der Waals surface area contributed by atoms with Gasteiger partial charge >= 0.3 is 5.97 Å². The lowest BCUT2D eigenvalue weighted by Gasteiger charge is -2.32. The molecule has 1 aromatic heterocycles. The molecule has 2 aliphatic rings. The van der Waals surface area contributed by atoms with Crippen LogP contribution >= 0.6 is 0 Å². The molecule has 1 heterocycles. The first-order valence-electron chi connectivity index (χ1n) is 17.1. The molecule has 7 heteroatoms. The number of aliphatic carboxylic acids is 1. The van der Waals surface area contributed by atoms with Crippen molar-refractivity contribution in [3.63, 3.8) is 0 Å². The molecule has 1 fully saturated rings. The fourth-order valence-corrected chi connectivity index (χ4v) is 7.56. The molecule has 0 aliphatic heterocycles. The molecule has 0 spiro atoms. The minimum atomic E-state index is -0.998. The van der Waals surface area contributed by atoms with E-state index >= 15 is 0 Å². The highest BCUT2D eigenvalue weighted by atomic mass is 16.4. The van der Waals surface area contributed by atoms with Crippen LogP contribution in [0.5, 0.6) is 5.75 Å². The predicted molar refractivity (Wildman–Crippen MR) is 172 cm³/mol. The summed E-state index contributed by atoms with van der Waals surface area (Å²) in [6.07, 6.45) is 16.4. The maximum atomic E-state index is 12.1. The molecule has 0 amide bonds. The van der Waals surface area contributed by atoms with Crippen molar-refractivity contribution in [2.75, 3.05) is 0 Å². The Morgan fingerprint density at radius 3 is 2.64 bits per heavy atom. The Hall–Kier alpha value is -2.61. The number of allylic oxidation sites excluding steroid dienone is 1. The molecule has 2 aliphatic carbocycles. The number of carboxylic acids is 1. The molecular weight excluding hydrogens is 554 g/mol. The van der Waals surface area contributed by atoms with Gasteiger partial charge in [0.2, 0.25) is 0 Å². The Balaban J connectivity index is 1.20. The standard InChI is InChI=1S/C37H55NO6/c1-2-3-5-10-26-16-17-27(35(41)23-26)11-6-4-7-15-32(36(42)43)34(40)20-22-37(44)21-9-13-29(37)25-30-18-19-33(38-30)28-12-8-14-31(39)24-28/h8,12,14,16-19,24,26-27,29,32,34-35,38-41,44H,2-7,9-11,13,15,20-23,25H2,1H3,(H,42,43)/p-1/t26-,27-,29+,32+,34-,35-,37-/m1/s1. The zero-order valence-corrected chi connectivity index (χ0v) is 26.5. The van der Waals surface area contributed by atoms with Crippen molar-refractivity contribution < 1.29 is 30.3 Å². The summed E-state index contributed by atoms with van der Waals surface area (Å²) in [5, 5.41) is 54.7. The van der Waals surface area contributed by atoms with Crippen molar-refractivity contribution >= 4 is 5.97 Å². The van der Waals surface area contributed by atoms with E-state index in [2.05, 4.69) is 24.1 Å². The van der Waals surface area contributed by atoms with Gasteiger partial charge in [0.05, 0.1) is 23.7 Å². The molecule has 4 rings (SSSR count). The van der Waals surface area contributed by atoms with Crippen molar-refractivity contribution in [3.8, 4) is 17.0 Å². The second kappa shape index (κ2) is 16.6. The molecule has 44 heavy (non-hydrogen) atoms. The summed E-state index contributed by atoms with van der Waals surface area (Å²) in [6.45, 7) is 2.21. The Bertz CT molecular complexity index is 1190. The van der Waals surface area contributed by atoms with E-state index in [1.165, 1.54) is 25.3 Å². The van der Waals surface area contributed by atoms with E-state index in [0.717, 1.165) is 68.3 Å². The topological polar surface area (TPSA) is 137 Å². The third kappa shape index (κ3) is 9.69. The maximum absolute atomic E-state index is 12.1. The number of aromatic nitrogens is 1. The van der Waals surface area contributed by atoms with Crippen molar-refractivity contribution in [2.45, 2.75) is 127 Å². The van der Waals surface area contributed by atoms with Crippen molar-refractivity contribution in [2.24, 2.45) is 23.7 Å². The molecule has 7 nitrogen and oxygen atoms in total. The van der Waals surface area contributed by atoms with Crippen molar-refractivity contribution in [1.82, 2.24) is 4.98 Å².